The molecule has 7 nitrogen and oxygen atoms in total. The molecule has 2 aliphatic heterocycles. The van der Waals surface area contributed by atoms with Crippen LogP contribution in [-0.2, 0) is 14.3 Å². The number of furan rings is 1. The zero-order valence-corrected chi connectivity index (χ0v) is 16.9. The average molecular weight is 433 g/mol. The summed E-state index contributed by atoms with van der Waals surface area (Å²) in [7, 11) is 0. The first kappa shape index (κ1) is 19.8. The molecule has 0 aliphatic carbocycles. The molecule has 0 bridgehead atoms. The molecule has 150 valence electrons. The van der Waals surface area contributed by atoms with Gasteiger partial charge in [-0.25, -0.2) is 0 Å². The van der Waals surface area contributed by atoms with E-state index in [4.69, 9.17) is 20.8 Å². The number of ether oxygens (including phenoxy) is 1. The molecule has 1 aromatic heterocycles. The van der Waals surface area contributed by atoms with Gasteiger partial charge in [0.1, 0.15) is 18.1 Å². The number of rotatable bonds is 4. The summed E-state index contributed by atoms with van der Waals surface area (Å²) < 4.78 is 11.0. The van der Waals surface area contributed by atoms with E-state index in [9.17, 15) is 14.4 Å². The van der Waals surface area contributed by atoms with Crippen LogP contribution in [0.3, 0.4) is 0 Å². The summed E-state index contributed by atoms with van der Waals surface area (Å²) in [6.07, 6.45) is 1.51. The average Bonchev–Trinajstić information content (AvgIpc) is 3.29. The van der Waals surface area contributed by atoms with Gasteiger partial charge in [0.25, 0.3) is 11.1 Å². The molecule has 0 saturated carbocycles. The summed E-state index contributed by atoms with van der Waals surface area (Å²) in [6.45, 7) is 1.57. The maximum Gasteiger partial charge on any atom is 0.294 e. The number of amides is 3. The van der Waals surface area contributed by atoms with Crippen LogP contribution in [-0.4, -0.2) is 59.7 Å². The standard InChI is InChI=1S/C20H17ClN2O5S/c21-14-3-1-2-13(10-14)16-5-4-15(28-16)11-17-19(25)23(20(26)29-17)12-18(24)22-6-8-27-9-7-22/h1-5,10-11H,6-9,12H2/b17-11+. The molecule has 9 heteroatoms. The van der Waals surface area contributed by atoms with Crippen LogP contribution in [0.1, 0.15) is 5.76 Å². The monoisotopic (exact) mass is 432 g/mol. The molecule has 2 aromatic rings. The first-order valence-corrected chi connectivity index (χ1v) is 10.2. The Labute approximate surface area is 176 Å². The minimum atomic E-state index is -0.498. The maximum absolute atomic E-state index is 12.6. The van der Waals surface area contributed by atoms with E-state index in [1.807, 2.05) is 12.1 Å². The summed E-state index contributed by atoms with van der Waals surface area (Å²) in [6, 6.07) is 10.7. The molecule has 2 fully saturated rings. The van der Waals surface area contributed by atoms with Gasteiger partial charge in [-0.15, -0.1) is 0 Å². The van der Waals surface area contributed by atoms with Gasteiger partial charge in [0.05, 0.1) is 18.1 Å². The highest BCUT2D eigenvalue weighted by molar-refractivity contribution is 8.18. The van der Waals surface area contributed by atoms with E-state index in [-0.39, 0.29) is 17.4 Å². The Morgan fingerprint density at radius 1 is 1.17 bits per heavy atom. The largest absolute Gasteiger partial charge is 0.457 e. The lowest BCUT2D eigenvalue weighted by atomic mass is 10.2. The molecule has 3 amide bonds. The van der Waals surface area contributed by atoms with Crippen molar-refractivity contribution in [1.29, 1.82) is 0 Å². The Balaban J connectivity index is 1.47. The van der Waals surface area contributed by atoms with Crippen LogP contribution < -0.4 is 0 Å². The van der Waals surface area contributed by atoms with Gasteiger partial charge in [-0.3, -0.25) is 19.3 Å². The third kappa shape index (κ3) is 4.39. The lowest BCUT2D eigenvalue weighted by Crippen LogP contribution is -2.46. The van der Waals surface area contributed by atoms with Gasteiger partial charge in [-0.05, 0) is 36.0 Å². The fraction of sp³-hybridized carbons (Fsp3) is 0.250. The van der Waals surface area contributed by atoms with E-state index in [0.717, 1.165) is 22.2 Å². The Morgan fingerprint density at radius 2 is 1.97 bits per heavy atom. The van der Waals surface area contributed by atoms with E-state index in [2.05, 4.69) is 0 Å². The molecule has 0 N–H and O–H groups in total. The third-order valence-corrected chi connectivity index (χ3v) is 5.68. The zero-order valence-electron chi connectivity index (χ0n) is 15.3. The van der Waals surface area contributed by atoms with Crippen LogP contribution in [0.4, 0.5) is 4.79 Å². The Morgan fingerprint density at radius 3 is 2.72 bits per heavy atom. The fourth-order valence-electron chi connectivity index (χ4n) is 3.04. The van der Waals surface area contributed by atoms with Crippen molar-refractivity contribution in [2.45, 2.75) is 0 Å². The molecular formula is C20H17ClN2O5S. The molecule has 3 heterocycles. The number of hydrogen-bond donors (Lipinski definition) is 0. The van der Waals surface area contributed by atoms with Gasteiger partial charge in [-0.2, -0.15) is 0 Å². The van der Waals surface area contributed by atoms with Gasteiger partial charge in [-0.1, -0.05) is 23.7 Å². The lowest BCUT2D eigenvalue weighted by Gasteiger charge is -2.27. The number of thioether (sulfide) groups is 1. The van der Waals surface area contributed by atoms with Crippen molar-refractivity contribution >= 4 is 46.5 Å². The number of benzene rings is 1. The number of carbonyl (C=O) groups is 3. The summed E-state index contributed by atoms with van der Waals surface area (Å²) in [4.78, 5) is 40.0. The Bertz CT molecular complexity index is 996. The van der Waals surface area contributed by atoms with E-state index < -0.39 is 11.1 Å². The number of halogens is 1. The molecule has 4 rings (SSSR count). The minimum Gasteiger partial charge on any atom is -0.457 e. The molecule has 0 atom stereocenters. The number of hydrogen-bond acceptors (Lipinski definition) is 6. The molecule has 0 unspecified atom stereocenters. The van der Waals surface area contributed by atoms with Crippen LogP contribution in [0, 0.1) is 0 Å². The molecule has 0 radical (unpaired) electrons. The van der Waals surface area contributed by atoms with E-state index in [1.165, 1.54) is 6.08 Å². The predicted octanol–water partition coefficient (Wildman–Crippen LogP) is 3.50. The van der Waals surface area contributed by atoms with Gasteiger partial charge < -0.3 is 14.1 Å². The molecule has 2 aliphatic rings. The highest BCUT2D eigenvalue weighted by atomic mass is 35.5. The van der Waals surface area contributed by atoms with Crippen molar-refractivity contribution in [3.8, 4) is 11.3 Å². The summed E-state index contributed by atoms with van der Waals surface area (Å²) in [5.74, 6) is 0.269. The lowest BCUT2D eigenvalue weighted by molar-refractivity contribution is -0.139. The third-order valence-electron chi connectivity index (χ3n) is 4.54. The second-order valence-electron chi connectivity index (χ2n) is 6.47. The summed E-state index contributed by atoms with van der Waals surface area (Å²) in [5, 5.41) is 0.121. The summed E-state index contributed by atoms with van der Waals surface area (Å²) >= 11 is 6.80. The molecule has 1 aromatic carbocycles. The number of imide groups is 1. The van der Waals surface area contributed by atoms with E-state index in [0.29, 0.717) is 42.8 Å². The second kappa shape index (κ2) is 8.44. The number of carbonyl (C=O) groups excluding carboxylic acids is 3. The van der Waals surface area contributed by atoms with E-state index in [1.54, 1.807) is 29.2 Å². The van der Waals surface area contributed by atoms with Gasteiger partial charge >= 0.3 is 0 Å². The number of nitrogens with zero attached hydrogens (tertiary/aromatic N) is 2. The normalized spacial score (nSPS) is 18.7. The second-order valence-corrected chi connectivity index (χ2v) is 7.90. The van der Waals surface area contributed by atoms with Crippen LogP contribution in [0.15, 0.2) is 45.7 Å². The van der Waals surface area contributed by atoms with Crippen molar-refractivity contribution in [3.63, 3.8) is 0 Å². The van der Waals surface area contributed by atoms with Crippen molar-refractivity contribution in [3.05, 3.63) is 52.1 Å². The first-order valence-electron chi connectivity index (χ1n) is 8.98. The highest BCUT2D eigenvalue weighted by Crippen LogP contribution is 2.33. The number of morpholine rings is 1. The van der Waals surface area contributed by atoms with Crippen LogP contribution >= 0.6 is 23.4 Å². The zero-order chi connectivity index (χ0) is 20.4. The van der Waals surface area contributed by atoms with Crippen LogP contribution in [0.2, 0.25) is 5.02 Å². The smallest absolute Gasteiger partial charge is 0.294 e. The van der Waals surface area contributed by atoms with Crippen molar-refractivity contribution in [2.75, 3.05) is 32.8 Å². The van der Waals surface area contributed by atoms with Gasteiger partial charge in [0, 0.05) is 29.8 Å². The van der Waals surface area contributed by atoms with Crippen molar-refractivity contribution in [1.82, 2.24) is 9.80 Å². The van der Waals surface area contributed by atoms with Crippen molar-refractivity contribution in [2.24, 2.45) is 0 Å². The topological polar surface area (TPSA) is 80.1 Å². The van der Waals surface area contributed by atoms with Crippen molar-refractivity contribution < 1.29 is 23.5 Å². The maximum atomic E-state index is 12.6. The first-order chi connectivity index (χ1) is 14.0. The van der Waals surface area contributed by atoms with E-state index >= 15 is 0 Å². The Kier molecular flexibility index (Phi) is 5.75. The molecule has 29 heavy (non-hydrogen) atoms. The van der Waals surface area contributed by atoms with Crippen LogP contribution in [0.25, 0.3) is 17.4 Å². The van der Waals surface area contributed by atoms with Crippen LogP contribution in [0.5, 0.6) is 0 Å². The van der Waals surface area contributed by atoms with Gasteiger partial charge in [0.15, 0.2) is 0 Å². The highest BCUT2D eigenvalue weighted by Gasteiger charge is 2.37. The molecule has 0 spiro atoms. The SMILES string of the molecule is O=C(CN1C(=O)S/C(=C/c2ccc(-c3cccc(Cl)c3)o2)C1=O)N1CCOCC1. The quantitative estimate of drug-likeness (QED) is 0.688. The molecular weight excluding hydrogens is 416 g/mol. The summed E-state index contributed by atoms with van der Waals surface area (Å²) in [5.41, 5.74) is 0.807. The fourth-order valence-corrected chi connectivity index (χ4v) is 4.05. The molecule has 2 saturated heterocycles. The minimum absolute atomic E-state index is 0.219. The Hall–Kier alpha value is -2.55. The van der Waals surface area contributed by atoms with Gasteiger partial charge in [0.2, 0.25) is 5.91 Å². The predicted molar refractivity (Wildman–Crippen MR) is 109 cm³/mol.